The number of aromatic nitrogens is 1. The van der Waals surface area contributed by atoms with Crippen LogP contribution in [0.25, 0.3) is 10.9 Å². The van der Waals surface area contributed by atoms with Gasteiger partial charge in [0.05, 0.1) is 7.11 Å². The van der Waals surface area contributed by atoms with Crippen molar-refractivity contribution in [3.63, 3.8) is 0 Å². The number of para-hydroxylation sites is 1. The first-order chi connectivity index (χ1) is 9.60. The summed E-state index contributed by atoms with van der Waals surface area (Å²) < 4.78 is 6.98. The molecular weight excluding hydrogens is 252 g/mol. The van der Waals surface area contributed by atoms with Crippen LogP contribution in [0.15, 0.2) is 30.5 Å². The largest absolute Gasteiger partial charge is 0.468 e. The number of nitrogens with zero attached hydrogens (tertiary/aromatic N) is 1. The molecule has 2 atom stereocenters. The van der Waals surface area contributed by atoms with Crippen molar-refractivity contribution in [3.8, 4) is 0 Å². The van der Waals surface area contributed by atoms with Gasteiger partial charge in [0.25, 0.3) is 0 Å². The number of ether oxygens (including phenoxy) is 1. The Morgan fingerprint density at radius 1 is 1.40 bits per heavy atom. The molecule has 1 heterocycles. The first-order valence-electron chi connectivity index (χ1n) is 7.01. The molecule has 0 aliphatic carbocycles. The molecule has 2 aromatic rings. The smallest absolute Gasteiger partial charge is 0.323 e. The van der Waals surface area contributed by atoms with Gasteiger partial charge in [0.1, 0.15) is 6.04 Å². The predicted octanol–water partition coefficient (Wildman–Crippen LogP) is 2.66. The summed E-state index contributed by atoms with van der Waals surface area (Å²) in [5, 5.41) is 1.16. The standard InChI is InChI=1S/C16H22N2O2/c1-4-9-18-10-13(11(2)15(17)16(19)20-3)12-7-5-6-8-14(12)18/h5-8,10-11,15H,4,9,17H2,1-3H3/t11-,15-/m1/s1. The highest BCUT2D eigenvalue weighted by atomic mass is 16.5. The molecule has 1 aromatic carbocycles. The second-order valence-corrected chi connectivity index (χ2v) is 5.13. The van der Waals surface area contributed by atoms with E-state index in [2.05, 4.69) is 29.8 Å². The van der Waals surface area contributed by atoms with Gasteiger partial charge in [-0.25, -0.2) is 0 Å². The van der Waals surface area contributed by atoms with Crippen molar-refractivity contribution < 1.29 is 9.53 Å². The number of hydrogen-bond donors (Lipinski definition) is 1. The van der Waals surface area contributed by atoms with Crippen molar-refractivity contribution >= 4 is 16.9 Å². The SMILES string of the molecule is CCCn1cc([C@@H](C)[C@@H](N)C(=O)OC)c2ccccc21. The van der Waals surface area contributed by atoms with Gasteiger partial charge in [-0.15, -0.1) is 0 Å². The highest BCUT2D eigenvalue weighted by molar-refractivity contribution is 5.86. The van der Waals surface area contributed by atoms with E-state index in [1.165, 1.54) is 12.6 Å². The van der Waals surface area contributed by atoms with E-state index in [-0.39, 0.29) is 11.9 Å². The zero-order valence-corrected chi connectivity index (χ0v) is 12.3. The average molecular weight is 274 g/mol. The van der Waals surface area contributed by atoms with Crippen LogP contribution < -0.4 is 5.73 Å². The number of nitrogens with two attached hydrogens (primary N) is 1. The van der Waals surface area contributed by atoms with Crippen molar-refractivity contribution in [2.45, 2.75) is 38.8 Å². The molecule has 0 unspecified atom stereocenters. The Hall–Kier alpha value is -1.81. The molecule has 2 rings (SSSR count). The fourth-order valence-electron chi connectivity index (χ4n) is 2.60. The Kier molecular flexibility index (Phi) is 4.45. The van der Waals surface area contributed by atoms with Crippen LogP contribution in [-0.4, -0.2) is 23.7 Å². The Bertz CT molecular complexity index is 604. The number of carbonyl (C=O) groups excluding carboxylic acids is 1. The molecule has 2 N–H and O–H groups in total. The van der Waals surface area contributed by atoms with Crippen molar-refractivity contribution in [1.82, 2.24) is 4.57 Å². The van der Waals surface area contributed by atoms with Crippen LogP contribution in [0.3, 0.4) is 0 Å². The van der Waals surface area contributed by atoms with E-state index >= 15 is 0 Å². The van der Waals surface area contributed by atoms with Gasteiger partial charge >= 0.3 is 5.97 Å². The first kappa shape index (κ1) is 14.6. The number of rotatable bonds is 5. The second-order valence-electron chi connectivity index (χ2n) is 5.13. The van der Waals surface area contributed by atoms with Gasteiger partial charge in [0.15, 0.2) is 0 Å². The number of aryl methyl sites for hydroxylation is 1. The lowest BCUT2D eigenvalue weighted by Gasteiger charge is -2.17. The molecule has 0 bridgehead atoms. The van der Waals surface area contributed by atoms with Crippen LogP contribution in [0.5, 0.6) is 0 Å². The third-order valence-corrected chi connectivity index (χ3v) is 3.79. The fourth-order valence-corrected chi connectivity index (χ4v) is 2.60. The summed E-state index contributed by atoms with van der Waals surface area (Å²) in [4.78, 5) is 11.6. The van der Waals surface area contributed by atoms with E-state index in [1.54, 1.807) is 0 Å². The van der Waals surface area contributed by atoms with Gasteiger partial charge in [0.2, 0.25) is 0 Å². The van der Waals surface area contributed by atoms with Crippen molar-refractivity contribution in [1.29, 1.82) is 0 Å². The molecule has 0 radical (unpaired) electrons. The third kappa shape index (κ3) is 2.56. The third-order valence-electron chi connectivity index (χ3n) is 3.79. The van der Waals surface area contributed by atoms with Crippen molar-refractivity contribution in [3.05, 3.63) is 36.0 Å². The maximum absolute atomic E-state index is 11.6. The highest BCUT2D eigenvalue weighted by Crippen LogP contribution is 2.29. The minimum absolute atomic E-state index is 0.0783. The van der Waals surface area contributed by atoms with Crippen LogP contribution in [0.1, 0.15) is 31.7 Å². The molecule has 0 saturated carbocycles. The fraction of sp³-hybridized carbons (Fsp3) is 0.438. The van der Waals surface area contributed by atoms with E-state index in [9.17, 15) is 4.79 Å². The quantitative estimate of drug-likeness (QED) is 0.853. The summed E-state index contributed by atoms with van der Waals surface area (Å²) in [5.74, 6) is -0.449. The normalized spacial score (nSPS) is 14.2. The Morgan fingerprint density at radius 3 is 2.75 bits per heavy atom. The van der Waals surface area contributed by atoms with E-state index in [4.69, 9.17) is 10.5 Å². The van der Waals surface area contributed by atoms with Crippen molar-refractivity contribution in [2.24, 2.45) is 5.73 Å². The Labute approximate surface area is 119 Å². The highest BCUT2D eigenvalue weighted by Gasteiger charge is 2.25. The minimum atomic E-state index is -0.638. The van der Waals surface area contributed by atoms with Gasteiger partial charge in [-0.2, -0.15) is 0 Å². The Morgan fingerprint density at radius 2 is 2.10 bits per heavy atom. The predicted molar refractivity (Wildman–Crippen MR) is 80.6 cm³/mol. The molecule has 1 aromatic heterocycles. The van der Waals surface area contributed by atoms with Gasteiger partial charge in [0, 0.05) is 29.6 Å². The van der Waals surface area contributed by atoms with Crippen LogP contribution >= 0.6 is 0 Å². The molecule has 0 saturated heterocycles. The maximum Gasteiger partial charge on any atom is 0.323 e. The van der Waals surface area contributed by atoms with E-state index in [1.807, 2.05) is 19.1 Å². The number of carbonyl (C=O) groups is 1. The van der Waals surface area contributed by atoms with Crippen LogP contribution in [0.2, 0.25) is 0 Å². The molecule has 0 amide bonds. The zero-order chi connectivity index (χ0) is 14.7. The number of methoxy groups -OCH3 is 1. The minimum Gasteiger partial charge on any atom is -0.468 e. The average Bonchev–Trinajstić information content (AvgIpc) is 2.84. The summed E-state index contributed by atoms with van der Waals surface area (Å²) in [6.07, 6.45) is 3.18. The summed E-state index contributed by atoms with van der Waals surface area (Å²) in [6.45, 7) is 5.08. The molecule has 20 heavy (non-hydrogen) atoms. The van der Waals surface area contributed by atoms with Crippen molar-refractivity contribution in [2.75, 3.05) is 7.11 Å². The first-order valence-corrected chi connectivity index (χ1v) is 7.01. The topological polar surface area (TPSA) is 57.2 Å². The van der Waals surface area contributed by atoms with Gasteiger partial charge < -0.3 is 15.0 Å². The van der Waals surface area contributed by atoms with Gasteiger partial charge in [-0.1, -0.05) is 32.0 Å². The molecular formula is C16H22N2O2. The molecule has 108 valence electrons. The summed E-state index contributed by atoms with van der Waals surface area (Å²) in [7, 11) is 1.37. The van der Waals surface area contributed by atoms with Crippen LogP contribution in [0, 0.1) is 0 Å². The lowest BCUT2D eigenvalue weighted by Crippen LogP contribution is -2.36. The molecule has 0 spiro atoms. The van der Waals surface area contributed by atoms with Gasteiger partial charge in [-0.05, 0) is 18.1 Å². The summed E-state index contributed by atoms with van der Waals surface area (Å²) in [5.41, 5.74) is 8.29. The van der Waals surface area contributed by atoms with Crippen LogP contribution in [-0.2, 0) is 16.1 Å². The molecule has 0 aliphatic heterocycles. The van der Waals surface area contributed by atoms with E-state index in [0.717, 1.165) is 23.9 Å². The lowest BCUT2D eigenvalue weighted by molar-refractivity contribution is -0.142. The van der Waals surface area contributed by atoms with E-state index in [0.29, 0.717) is 0 Å². The second kappa shape index (κ2) is 6.09. The monoisotopic (exact) mass is 274 g/mol. The zero-order valence-electron chi connectivity index (χ0n) is 12.3. The summed E-state index contributed by atoms with van der Waals surface area (Å²) >= 11 is 0. The molecule has 4 nitrogen and oxygen atoms in total. The number of esters is 1. The number of hydrogen-bond acceptors (Lipinski definition) is 3. The van der Waals surface area contributed by atoms with Crippen LogP contribution in [0.4, 0.5) is 0 Å². The number of fused-ring (bicyclic) bond motifs is 1. The van der Waals surface area contributed by atoms with E-state index < -0.39 is 6.04 Å². The molecule has 0 aliphatic rings. The maximum atomic E-state index is 11.6. The molecule has 0 fully saturated rings. The Balaban J connectivity index is 2.46. The van der Waals surface area contributed by atoms with Gasteiger partial charge in [-0.3, -0.25) is 4.79 Å². The molecule has 4 heteroatoms. The summed E-state index contributed by atoms with van der Waals surface area (Å²) in [6, 6.07) is 7.59. The number of benzene rings is 1. The lowest BCUT2D eigenvalue weighted by atomic mass is 9.93.